The fourth-order valence-corrected chi connectivity index (χ4v) is 4.47. The second-order valence-corrected chi connectivity index (χ2v) is 7.85. The molecule has 0 radical (unpaired) electrons. The largest absolute Gasteiger partial charge is 0.315 e. The number of Topliss-reactive ketones (excluding diaryl/α,β-unsaturated/α-hetero) is 2. The Bertz CT molecular complexity index is 860. The van der Waals surface area contributed by atoms with Crippen LogP contribution in [-0.4, -0.2) is 24.7 Å². The van der Waals surface area contributed by atoms with Crippen LogP contribution >= 0.6 is 12.4 Å². The molecule has 0 aromatic heterocycles. The second kappa shape index (κ2) is 7.17. The molecule has 1 N–H and O–H groups in total. The normalized spacial score (nSPS) is 18.9. The lowest BCUT2D eigenvalue weighted by atomic mass is 9.63. The number of ketones is 2. The van der Waals surface area contributed by atoms with Gasteiger partial charge in [0.05, 0.1) is 0 Å². The van der Waals surface area contributed by atoms with Crippen molar-refractivity contribution in [2.45, 2.75) is 32.6 Å². The van der Waals surface area contributed by atoms with Crippen LogP contribution in [0.1, 0.15) is 35.4 Å². The molecule has 0 atom stereocenters. The summed E-state index contributed by atoms with van der Waals surface area (Å²) in [4.78, 5) is 25.6. The van der Waals surface area contributed by atoms with Crippen LogP contribution in [0.2, 0.25) is 0 Å². The van der Waals surface area contributed by atoms with Gasteiger partial charge in [-0.1, -0.05) is 24.3 Å². The lowest BCUT2D eigenvalue weighted by Crippen LogP contribution is -2.58. The third-order valence-corrected chi connectivity index (χ3v) is 5.80. The minimum absolute atomic E-state index is 0. The van der Waals surface area contributed by atoms with Crippen molar-refractivity contribution in [3.63, 3.8) is 0 Å². The summed E-state index contributed by atoms with van der Waals surface area (Å²) in [6.07, 6.45) is 0.962. The summed E-state index contributed by atoms with van der Waals surface area (Å²) in [6.45, 7) is 5.42. The zero-order valence-electron chi connectivity index (χ0n) is 15.5. The molecule has 3 nitrogen and oxygen atoms in total. The van der Waals surface area contributed by atoms with Gasteiger partial charge < -0.3 is 5.32 Å². The maximum absolute atomic E-state index is 13.2. The molecule has 1 heterocycles. The molecule has 142 valence electrons. The van der Waals surface area contributed by atoms with E-state index in [1.54, 1.807) is 12.1 Å². The maximum Gasteiger partial charge on any atom is 0.148 e. The van der Waals surface area contributed by atoms with Gasteiger partial charge in [-0.25, -0.2) is 4.39 Å². The van der Waals surface area contributed by atoms with E-state index in [0.29, 0.717) is 12.8 Å². The highest BCUT2D eigenvalue weighted by Crippen LogP contribution is 2.43. The first-order valence-corrected chi connectivity index (χ1v) is 9.02. The number of nitrogens with one attached hydrogen (secondary N) is 1. The first-order chi connectivity index (χ1) is 12.4. The minimum Gasteiger partial charge on any atom is -0.315 e. The smallest absolute Gasteiger partial charge is 0.148 e. The van der Waals surface area contributed by atoms with Gasteiger partial charge in [0.15, 0.2) is 0 Å². The third-order valence-electron chi connectivity index (χ3n) is 5.80. The van der Waals surface area contributed by atoms with Crippen LogP contribution in [0.5, 0.6) is 0 Å². The molecule has 1 saturated heterocycles. The zero-order valence-corrected chi connectivity index (χ0v) is 16.3. The van der Waals surface area contributed by atoms with Crippen LogP contribution in [0.3, 0.4) is 0 Å². The number of benzene rings is 2. The third kappa shape index (κ3) is 3.44. The Kier molecular flexibility index (Phi) is 5.24. The summed E-state index contributed by atoms with van der Waals surface area (Å²) < 4.78 is 13.2. The van der Waals surface area contributed by atoms with Crippen molar-refractivity contribution in [1.29, 1.82) is 0 Å². The average molecular weight is 388 g/mol. The molecule has 27 heavy (non-hydrogen) atoms. The van der Waals surface area contributed by atoms with Crippen LogP contribution in [-0.2, 0) is 9.59 Å². The number of halogens is 2. The van der Waals surface area contributed by atoms with Crippen molar-refractivity contribution in [2.75, 3.05) is 13.1 Å². The van der Waals surface area contributed by atoms with E-state index in [9.17, 15) is 14.0 Å². The first-order valence-electron chi connectivity index (χ1n) is 9.02. The second-order valence-electron chi connectivity index (χ2n) is 7.85. The SMILES string of the molecule is Cc1cc(-c2ccc(F)cc2)cc(C)c1C1C(=O)CC2(CNC2)CC1=O.Cl. The lowest BCUT2D eigenvalue weighted by molar-refractivity contribution is -0.138. The fraction of sp³-hybridized carbons (Fsp3) is 0.364. The van der Waals surface area contributed by atoms with Crippen molar-refractivity contribution < 1.29 is 14.0 Å². The van der Waals surface area contributed by atoms with E-state index in [2.05, 4.69) is 5.32 Å². The molecule has 1 aliphatic carbocycles. The van der Waals surface area contributed by atoms with Gasteiger partial charge in [0.25, 0.3) is 0 Å². The quantitative estimate of drug-likeness (QED) is 0.788. The zero-order chi connectivity index (χ0) is 18.5. The Morgan fingerprint density at radius 1 is 0.926 bits per heavy atom. The van der Waals surface area contributed by atoms with Crippen LogP contribution in [0.25, 0.3) is 11.1 Å². The van der Waals surface area contributed by atoms with Crippen LogP contribution in [0, 0.1) is 25.1 Å². The predicted octanol–water partition coefficient (Wildman–Crippen LogP) is 4.14. The molecule has 5 heteroatoms. The minimum atomic E-state index is -0.636. The highest BCUT2D eigenvalue weighted by molar-refractivity contribution is 6.11. The Morgan fingerprint density at radius 2 is 1.44 bits per heavy atom. The number of hydrogen-bond donors (Lipinski definition) is 1. The van der Waals surface area contributed by atoms with E-state index in [4.69, 9.17) is 0 Å². The maximum atomic E-state index is 13.2. The van der Waals surface area contributed by atoms with Crippen molar-refractivity contribution in [1.82, 2.24) is 5.32 Å². The molecule has 0 amide bonds. The van der Waals surface area contributed by atoms with Crippen molar-refractivity contribution in [3.05, 3.63) is 58.9 Å². The van der Waals surface area contributed by atoms with Crippen LogP contribution < -0.4 is 5.32 Å². The van der Waals surface area contributed by atoms with Gasteiger partial charge in [0, 0.05) is 31.3 Å². The molecular weight excluding hydrogens is 365 g/mol. The topological polar surface area (TPSA) is 46.2 Å². The van der Waals surface area contributed by atoms with E-state index in [1.165, 1.54) is 12.1 Å². The Morgan fingerprint density at radius 3 is 1.89 bits per heavy atom. The molecule has 4 rings (SSSR count). The van der Waals surface area contributed by atoms with Gasteiger partial charge >= 0.3 is 0 Å². The molecule has 0 unspecified atom stereocenters. The predicted molar refractivity (Wildman–Crippen MR) is 106 cm³/mol. The van der Waals surface area contributed by atoms with Gasteiger partial charge in [0.2, 0.25) is 0 Å². The van der Waals surface area contributed by atoms with Crippen molar-refractivity contribution >= 4 is 24.0 Å². The molecule has 1 spiro atoms. The summed E-state index contributed by atoms with van der Waals surface area (Å²) in [5, 5.41) is 3.19. The van der Waals surface area contributed by atoms with E-state index in [-0.39, 0.29) is 35.2 Å². The van der Waals surface area contributed by atoms with E-state index in [0.717, 1.165) is 40.9 Å². The monoisotopic (exact) mass is 387 g/mol. The Balaban J connectivity index is 0.00000210. The lowest BCUT2D eigenvalue weighted by Gasteiger charge is -2.46. The molecule has 2 aromatic carbocycles. The Labute approximate surface area is 164 Å². The van der Waals surface area contributed by atoms with Crippen LogP contribution in [0.15, 0.2) is 36.4 Å². The van der Waals surface area contributed by atoms with Gasteiger partial charge in [-0.3, -0.25) is 9.59 Å². The first kappa shape index (κ1) is 19.7. The van der Waals surface area contributed by atoms with Gasteiger partial charge in [-0.15, -0.1) is 12.4 Å². The van der Waals surface area contributed by atoms with E-state index in [1.807, 2.05) is 26.0 Å². The summed E-state index contributed by atoms with van der Waals surface area (Å²) >= 11 is 0. The molecule has 2 fully saturated rings. The standard InChI is InChI=1S/C22H22FNO2.ClH/c1-13-7-16(15-3-5-17(23)6-4-15)8-14(2)20(13)21-18(25)9-22(10-19(21)26)11-24-12-22;/h3-8,21,24H,9-12H2,1-2H3;1H. The summed E-state index contributed by atoms with van der Waals surface area (Å²) in [6, 6.07) is 10.3. The van der Waals surface area contributed by atoms with E-state index >= 15 is 0 Å². The summed E-state index contributed by atoms with van der Waals surface area (Å²) in [5.74, 6) is -0.813. The molecular formula is C22H23ClFNO2. The number of aryl methyl sites for hydroxylation is 2. The van der Waals surface area contributed by atoms with Crippen molar-refractivity contribution in [3.8, 4) is 11.1 Å². The van der Waals surface area contributed by atoms with Crippen molar-refractivity contribution in [2.24, 2.45) is 5.41 Å². The van der Waals surface area contributed by atoms with Crippen LogP contribution in [0.4, 0.5) is 4.39 Å². The molecule has 1 saturated carbocycles. The van der Waals surface area contributed by atoms with Gasteiger partial charge in [-0.05, 0) is 53.8 Å². The highest BCUT2D eigenvalue weighted by Gasteiger charge is 2.49. The summed E-state index contributed by atoms with van der Waals surface area (Å²) in [5.41, 5.74) is 4.50. The number of carbonyl (C=O) groups is 2. The molecule has 0 bridgehead atoms. The number of carbonyl (C=O) groups excluding carboxylic acids is 2. The van der Waals surface area contributed by atoms with E-state index < -0.39 is 5.92 Å². The Hall–Kier alpha value is -2.04. The molecule has 2 aliphatic rings. The molecule has 2 aromatic rings. The average Bonchev–Trinajstić information content (AvgIpc) is 2.55. The van der Waals surface area contributed by atoms with Gasteiger partial charge in [-0.2, -0.15) is 0 Å². The molecule has 1 aliphatic heterocycles. The highest BCUT2D eigenvalue weighted by atomic mass is 35.5. The van der Waals surface area contributed by atoms with Gasteiger partial charge in [0.1, 0.15) is 23.3 Å². The fourth-order valence-electron chi connectivity index (χ4n) is 4.47. The number of hydrogen-bond acceptors (Lipinski definition) is 3. The summed E-state index contributed by atoms with van der Waals surface area (Å²) in [7, 11) is 0. The number of rotatable bonds is 2.